The molecular formula is C30H41N6O12P. The van der Waals surface area contributed by atoms with Crippen molar-refractivity contribution in [3.05, 3.63) is 60.7 Å². The SMILES string of the molecule is CC(C)OC(=O)OCOP(=O)(COC(C)Cn1cnc2c(N)ncnc21)NC(Cc1ccccc1)C(=O)OC(C)C.O=C(O)/C=C/C(=O)O. The molecule has 2 aromatic heterocycles. The first-order valence-electron chi connectivity index (χ1n) is 14.8. The molecule has 0 aliphatic carbocycles. The Hall–Kier alpha value is -4.90. The van der Waals surface area contributed by atoms with Gasteiger partial charge in [0.15, 0.2) is 11.5 Å². The topological polar surface area (TPSA) is 254 Å². The number of nitrogens with two attached hydrogens (primary N) is 1. The number of ether oxygens (including phenoxy) is 4. The zero-order chi connectivity index (χ0) is 36.6. The zero-order valence-corrected chi connectivity index (χ0v) is 28.5. The second kappa shape index (κ2) is 19.8. The minimum Gasteiger partial charge on any atom is -0.478 e. The van der Waals surface area contributed by atoms with Crippen LogP contribution in [0.5, 0.6) is 0 Å². The Bertz CT molecular complexity index is 1600. The maximum atomic E-state index is 14.0. The van der Waals surface area contributed by atoms with Crippen molar-refractivity contribution >= 4 is 48.6 Å². The van der Waals surface area contributed by atoms with Gasteiger partial charge in [0.2, 0.25) is 6.79 Å². The maximum absolute atomic E-state index is 14.0. The smallest absolute Gasteiger partial charge is 0.478 e. The van der Waals surface area contributed by atoms with Crippen molar-refractivity contribution < 1.29 is 57.4 Å². The lowest BCUT2D eigenvalue weighted by molar-refractivity contribution is -0.149. The molecule has 5 N–H and O–H groups in total. The van der Waals surface area contributed by atoms with E-state index in [1.807, 2.05) is 30.3 Å². The van der Waals surface area contributed by atoms with Crippen LogP contribution in [0, 0.1) is 0 Å². The molecular weight excluding hydrogens is 667 g/mol. The fraction of sp³-hybridized carbons (Fsp3) is 0.433. The number of hydrogen-bond acceptors (Lipinski definition) is 14. The molecule has 49 heavy (non-hydrogen) atoms. The van der Waals surface area contributed by atoms with E-state index in [9.17, 15) is 23.7 Å². The maximum Gasteiger partial charge on any atom is 0.510 e. The van der Waals surface area contributed by atoms with E-state index in [1.54, 1.807) is 45.5 Å². The third-order valence-electron chi connectivity index (χ3n) is 5.82. The van der Waals surface area contributed by atoms with Gasteiger partial charge in [0.1, 0.15) is 24.2 Å². The van der Waals surface area contributed by atoms with E-state index in [2.05, 4.69) is 20.0 Å². The van der Waals surface area contributed by atoms with E-state index in [0.29, 0.717) is 23.3 Å². The number of nitrogens with zero attached hydrogens (tertiary/aromatic N) is 4. The highest BCUT2D eigenvalue weighted by Crippen LogP contribution is 2.44. The highest BCUT2D eigenvalue weighted by Gasteiger charge is 2.34. The van der Waals surface area contributed by atoms with Crippen LogP contribution in [0.2, 0.25) is 0 Å². The van der Waals surface area contributed by atoms with Crippen molar-refractivity contribution in [3.63, 3.8) is 0 Å². The first-order valence-corrected chi connectivity index (χ1v) is 16.7. The number of carbonyl (C=O) groups excluding carboxylic acids is 2. The Morgan fingerprint density at radius 1 is 0.959 bits per heavy atom. The number of esters is 1. The lowest BCUT2D eigenvalue weighted by atomic mass is 10.1. The molecule has 268 valence electrons. The second-order valence-electron chi connectivity index (χ2n) is 10.8. The summed E-state index contributed by atoms with van der Waals surface area (Å²) in [7, 11) is -3.98. The summed E-state index contributed by atoms with van der Waals surface area (Å²) in [5.41, 5.74) is 7.63. The molecule has 2 heterocycles. The summed E-state index contributed by atoms with van der Waals surface area (Å²) in [6.45, 7) is 8.08. The number of nitrogens with one attached hydrogen (secondary N) is 1. The summed E-state index contributed by atoms with van der Waals surface area (Å²) >= 11 is 0. The van der Waals surface area contributed by atoms with Gasteiger partial charge in [0.05, 0.1) is 31.2 Å². The van der Waals surface area contributed by atoms with Gasteiger partial charge in [-0.1, -0.05) is 30.3 Å². The summed E-state index contributed by atoms with van der Waals surface area (Å²) in [5, 5.41) is 18.4. The number of nitrogen functional groups attached to an aromatic ring is 1. The Morgan fingerprint density at radius 3 is 2.18 bits per heavy atom. The van der Waals surface area contributed by atoms with Gasteiger partial charge in [-0.05, 0) is 46.6 Å². The van der Waals surface area contributed by atoms with E-state index in [1.165, 1.54) is 6.33 Å². The van der Waals surface area contributed by atoms with Crippen LogP contribution in [0.1, 0.15) is 40.2 Å². The molecule has 0 saturated carbocycles. The standard InChI is InChI=1S/C26H37N6O8P.C4H4O4/c1-17(2)39-25(33)21(11-20-9-7-6-8-10-20)31-41(35,38-15-36-26(34)40-18(3)4)16-37-19(5)12-32-14-30-22-23(27)28-13-29-24(22)32;5-3(6)1-2-4(7)8/h6-10,13-14,17-19,21H,11-12,15-16H2,1-5H3,(H,31,35)(H2,27,28,29);1-2H,(H,5,6)(H,7,8)/b;2-1+. The fourth-order valence-electron chi connectivity index (χ4n) is 3.81. The summed E-state index contributed by atoms with van der Waals surface area (Å²) < 4.78 is 42.4. The van der Waals surface area contributed by atoms with Crippen LogP contribution in [-0.4, -0.2) is 91.3 Å². The first kappa shape index (κ1) is 40.3. The van der Waals surface area contributed by atoms with Gasteiger partial charge >= 0.3 is 24.1 Å². The molecule has 3 rings (SSSR count). The average Bonchev–Trinajstić information content (AvgIpc) is 3.42. The predicted molar refractivity (Wildman–Crippen MR) is 174 cm³/mol. The van der Waals surface area contributed by atoms with Crippen LogP contribution < -0.4 is 10.8 Å². The number of hydrogen-bond donors (Lipinski definition) is 4. The van der Waals surface area contributed by atoms with Crippen LogP contribution in [0.25, 0.3) is 11.2 Å². The summed E-state index contributed by atoms with van der Waals surface area (Å²) in [4.78, 5) is 56.3. The van der Waals surface area contributed by atoms with E-state index in [4.69, 9.17) is 39.4 Å². The molecule has 0 fully saturated rings. The quantitative estimate of drug-likeness (QED) is 0.0678. The molecule has 3 aromatic rings. The lowest BCUT2D eigenvalue weighted by Crippen LogP contribution is -2.40. The number of aliphatic carboxylic acids is 2. The van der Waals surface area contributed by atoms with Gasteiger partial charge in [0, 0.05) is 12.2 Å². The van der Waals surface area contributed by atoms with Gasteiger partial charge in [-0.3, -0.25) is 13.9 Å². The van der Waals surface area contributed by atoms with Crippen molar-refractivity contribution in [1.82, 2.24) is 24.6 Å². The molecule has 18 nitrogen and oxygen atoms in total. The highest BCUT2D eigenvalue weighted by molar-refractivity contribution is 7.56. The molecule has 3 atom stereocenters. The minimum atomic E-state index is -3.98. The zero-order valence-electron chi connectivity index (χ0n) is 27.6. The van der Waals surface area contributed by atoms with Crippen LogP contribution in [-0.2, 0) is 55.4 Å². The Kier molecular flexibility index (Phi) is 16.3. The normalized spacial score (nSPS) is 13.7. The number of benzene rings is 1. The van der Waals surface area contributed by atoms with E-state index < -0.39 is 69.1 Å². The number of carboxylic acids is 2. The number of carboxylic acid groups (broad SMARTS) is 2. The van der Waals surface area contributed by atoms with Crippen molar-refractivity contribution in [1.29, 1.82) is 0 Å². The van der Waals surface area contributed by atoms with Crippen LogP contribution in [0.3, 0.4) is 0 Å². The number of anilines is 1. The second-order valence-corrected chi connectivity index (χ2v) is 12.9. The Morgan fingerprint density at radius 2 is 1.59 bits per heavy atom. The molecule has 0 spiro atoms. The molecule has 0 radical (unpaired) electrons. The van der Waals surface area contributed by atoms with Gasteiger partial charge in [0.25, 0.3) is 7.52 Å². The third-order valence-corrected chi connectivity index (χ3v) is 7.54. The number of carbonyl (C=O) groups is 4. The molecule has 0 bridgehead atoms. The first-order chi connectivity index (χ1) is 23.1. The van der Waals surface area contributed by atoms with Gasteiger partial charge in [-0.15, -0.1) is 0 Å². The number of imidazole rings is 1. The number of rotatable bonds is 17. The molecule has 0 saturated heterocycles. The molecule has 0 amide bonds. The van der Waals surface area contributed by atoms with E-state index >= 15 is 0 Å². The Labute approximate surface area is 282 Å². The fourth-order valence-corrected chi connectivity index (χ4v) is 5.38. The summed E-state index contributed by atoms with van der Waals surface area (Å²) in [6.07, 6.45) is 1.38. The van der Waals surface area contributed by atoms with Crippen molar-refractivity contribution in [2.45, 2.75) is 71.9 Å². The minimum absolute atomic E-state index is 0.160. The molecule has 3 unspecified atom stereocenters. The molecule has 19 heteroatoms. The number of fused-ring (bicyclic) bond motifs is 1. The molecule has 0 aliphatic rings. The van der Waals surface area contributed by atoms with Gasteiger partial charge in [-0.2, -0.15) is 0 Å². The molecule has 0 aliphatic heterocycles. The van der Waals surface area contributed by atoms with Gasteiger partial charge < -0.3 is 39.5 Å². The van der Waals surface area contributed by atoms with Crippen molar-refractivity contribution in [2.75, 3.05) is 18.9 Å². The monoisotopic (exact) mass is 708 g/mol. The van der Waals surface area contributed by atoms with Crippen LogP contribution >= 0.6 is 7.52 Å². The van der Waals surface area contributed by atoms with Crippen molar-refractivity contribution in [3.8, 4) is 0 Å². The molecule has 1 aromatic carbocycles. The van der Waals surface area contributed by atoms with E-state index in [0.717, 1.165) is 5.56 Å². The summed E-state index contributed by atoms with van der Waals surface area (Å²) in [5.74, 6) is -2.89. The highest BCUT2D eigenvalue weighted by atomic mass is 31.2. The summed E-state index contributed by atoms with van der Waals surface area (Å²) in [6, 6.07) is 8.11. The van der Waals surface area contributed by atoms with E-state index in [-0.39, 0.29) is 18.8 Å². The largest absolute Gasteiger partial charge is 0.510 e. The van der Waals surface area contributed by atoms with Gasteiger partial charge in [-0.25, -0.2) is 34.4 Å². The van der Waals surface area contributed by atoms with Crippen LogP contribution in [0.4, 0.5) is 10.6 Å². The average molecular weight is 709 g/mol. The lowest BCUT2D eigenvalue weighted by Gasteiger charge is -2.26. The number of aromatic nitrogens is 4. The third kappa shape index (κ3) is 15.2. The van der Waals surface area contributed by atoms with Crippen molar-refractivity contribution in [2.24, 2.45) is 0 Å². The Balaban J connectivity index is 0.000000924. The predicted octanol–water partition coefficient (Wildman–Crippen LogP) is 3.36. The van der Waals surface area contributed by atoms with Crippen LogP contribution in [0.15, 0.2) is 55.1 Å².